The molecule has 1 aliphatic heterocycles. The summed E-state index contributed by atoms with van der Waals surface area (Å²) in [6.45, 7) is 8.50. The summed E-state index contributed by atoms with van der Waals surface area (Å²) in [5.41, 5.74) is 0.00676. The number of hydrogen-bond acceptors (Lipinski definition) is 7. The van der Waals surface area contributed by atoms with Gasteiger partial charge < -0.3 is 15.1 Å². The van der Waals surface area contributed by atoms with E-state index >= 15 is 0 Å². The van der Waals surface area contributed by atoms with Crippen LogP contribution in [0.4, 0.5) is 5.13 Å². The molecule has 2 aromatic rings. The Morgan fingerprint density at radius 1 is 1.41 bits per heavy atom. The fourth-order valence-electron chi connectivity index (χ4n) is 2.20. The monoisotopic (exact) mass is 338 g/mol. The van der Waals surface area contributed by atoms with Gasteiger partial charge in [0.15, 0.2) is 5.13 Å². The number of nitrogens with one attached hydrogen (secondary N) is 2. The largest absolute Gasteiger partial charge is 0.444 e. The highest BCUT2D eigenvalue weighted by Gasteiger charge is 2.19. The predicted octanol–water partition coefficient (Wildman–Crippen LogP) is 3.49. The number of rotatable bonds is 5. The minimum Gasteiger partial charge on any atom is -0.444 e. The van der Waals surface area contributed by atoms with Crippen molar-refractivity contribution in [2.75, 3.05) is 18.4 Å². The molecule has 7 heteroatoms. The average molecular weight is 339 g/mol. The predicted molar refractivity (Wildman–Crippen MR) is 91.8 cm³/mol. The van der Waals surface area contributed by atoms with Crippen molar-refractivity contribution in [3.8, 4) is 0 Å². The number of oxazole rings is 1. The Hall–Kier alpha value is -1.05. The molecule has 2 aromatic heterocycles. The fraction of sp³-hybridized carbons (Fsp3) is 0.600. The Balaban J connectivity index is 1.53. The lowest BCUT2D eigenvalue weighted by Gasteiger charge is -2.12. The molecular formula is C15H22N4OS2. The van der Waals surface area contributed by atoms with Crippen molar-refractivity contribution in [3.63, 3.8) is 0 Å². The number of aromatic nitrogens is 2. The van der Waals surface area contributed by atoms with E-state index in [0.717, 1.165) is 42.0 Å². The van der Waals surface area contributed by atoms with Crippen LogP contribution in [0.5, 0.6) is 0 Å². The first-order valence-electron chi connectivity index (χ1n) is 7.52. The Labute approximate surface area is 139 Å². The van der Waals surface area contributed by atoms with Crippen molar-refractivity contribution < 1.29 is 4.42 Å². The molecule has 0 spiro atoms. The van der Waals surface area contributed by atoms with Gasteiger partial charge in [0.25, 0.3) is 0 Å². The van der Waals surface area contributed by atoms with Crippen molar-refractivity contribution in [1.29, 1.82) is 0 Å². The van der Waals surface area contributed by atoms with Crippen LogP contribution in [0.3, 0.4) is 0 Å². The smallest absolute Gasteiger partial charge is 0.204 e. The maximum Gasteiger partial charge on any atom is 0.204 e. The number of hydrogen-bond donors (Lipinski definition) is 2. The molecule has 3 rings (SSSR count). The summed E-state index contributed by atoms with van der Waals surface area (Å²) in [5.74, 6) is 2.45. The van der Waals surface area contributed by atoms with E-state index < -0.39 is 0 Å². The molecule has 22 heavy (non-hydrogen) atoms. The lowest BCUT2D eigenvalue weighted by molar-refractivity contribution is 0.391. The third-order valence-corrected chi connectivity index (χ3v) is 5.61. The second kappa shape index (κ2) is 6.60. The molecule has 5 nitrogen and oxygen atoms in total. The van der Waals surface area contributed by atoms with Crippen LogP contribution in [-0.4, -0.2) is 29.1 Å². The van der Waals surface area contributed by atoms with Gasteiger partial charge in [-0.15, -0.1) is 11.8 Å². The second-order valence-corrected chi connectivity index (χ2v) is 8.78. The number of thioether (sulfide) groups is 1. The van der Waals surface area contributed by atoms with Crippen molar-refractivity contribution in [1.82, 2.24) is 15.3 Å². The van der Waals surface area contributed by atoms with E-state index in [2.05, 4.69) is 41.4 Å². The number of nitrogens with zero attached hydrogens (tertiary/aromatic N) is 2. The molecule has 0 aromatic carbocycles. The highest BCUT2D eigenvalue weighted by molar-refractivity contribution is 8.00. The summed E-state index contributed by atoms with van der Waals surface area (Å²) in [4.78, 5) is 8.80. The molecule has 2 N–H and O–H groups in total. The summed E-state index contributed by atoms with van der Waals surface area (Å²) in [6, 6.07) is 0.505. The van der Waals surface area contributed by atoms with Gasteiger partial charge in [-0.05, 0) is 13.0 Å². The standard InChI is InChI=1S/C15H22N4OS2/c1-15(2,3)11-7-17-12(20-11)9-21-13-8-18-14(22-13)19-10-4-5-16-6-10/h7-8,10,16H,4-6,9H2,1-3H3,(H,18,19)/t10-/m1/s1. The second-order valence-electron chi connectivity index (χ2n) is 6.48. The Morgan fingerprint density at radius 3 is 2.95 bits per heavy atom. The maximum atomic E-state index is 5.81. The zero-order valence-corrected chi connectivity index (χ0v) is 14.8. The minimum atomic E-state index is 0.00676. The lowest BCUT2D eigenvalue weighted by atomic mass is 9.94. The molecule has 120 valence electrons. The molecule has 0 bridgehead atoms. The minimum absolute atomic E-state index is 0.00676. The van der Waals surface area contributed by atoms with E-state index in [0.29, 0.717) is 6.04 Å². The van der Waals surface area contributed by atoms with Crippen LogP contribution in [0.2, 0.25) is 0 Å². The summed E-state index contributed by atoms with van der Waals surface area (Å²) in [6.07, 6.45) is 4.92. The van der Waals surface area contributed by atoms with Crippen molar-refractivity contribution in [2.45, 2.75) is 48.6 Å². The molecule has 0 saturated carbocycles. The van der Waals surface area contributed by atoms with Crippen LogP contribution in [0.1, 0.15) is 38.8 Å². The molecule has 0 radical (unpaired) electrons. The maximum absolute atomic E-state index is 5.81. The first-order chi connectivity index (χ1) is 10.5. The zero-order chi connectivity index (χ0) is 15.6. The summed E-state index contributed by atoms with van der Waals surface area (Å²) < 4.78 is 7.00. The van der Waals surface area contributed by atoms with Gasteiger partial charge in [-0.1, -0.05) is 32.1 Å². The molecule has 0 amide bonds. The highest BCUT2D eigenvalue weighted by atomic mass is 32.2. The van der Waals surface area contributed by atoms with Crippen molar-refractivity contribution in [2.24, 2.45) is 0 Å². The first kappa shape index (κ1) is 15.8. The van der Waals surface area contributed by atoms with Crippen LogP contribution < -0.4 is 10.6 Å². The van der Waals surface area contributed by atoms with E-state index in [-0.39, 0.29) is 5.41 Å². The molecule has 0 aliphatic carbocycles. The van der Waals surface area contributed by atoms with Crippen LogP contribution >= 0.6 is 23.1 Å². The third-order valence-electron chi connectivity index (χ3n) is 3.50. The normalized spacial score (nSPS) is 18.8. The molecule has 1 saturated heterocycles. The molecular weight excluding hydrogens is 316 g/mol. The molecule has 1 aliphatic rings. The topological polar surface area (TPSA) is 63.0 Å². The quantitative estimate of drug-likeness (QED) is 0.814. The number of anilines is 1. The molecule has 0 unspecified atom stereocenters. The highest BCUT2D eigenvalue weighted by Crippen LogP contribution is 2.32. The Morgan fingerprint density at radius 2 is 2.27 bits per heavy atom. The van der Waals surface area contributed by atoms with Crippen molar-refractivity contribution in [3.05, 3.63) is 24.0 Å². The summed E-state index contributed by atoms with van der Waals surface area (Å²) in [5, 5.41) is 7.82. The Bertz CT molecular complexity index is 611. The first-order valence-corrected chi connectivity index (χ1v) is 9.32. The SMILES string of the molecule is CC(C)(C)c1cnc(CSc2cnc(N[C@@H]3CCNC3)s2)o1. The average Bonchev–Trinajstić information content (AvgIpc) is 3.17. The molecule has 3 heterocycles. The van der Waals surface area contributed by atoms with Gasteiger partial charge in [0, 0.05) is 18.0 Å². The van der Waals surface area contributed by atoms with Gasteiger partial charge in [0.1, 0.15) is 5.76 Å². The van der Waals surface area contributed by atoms with Gasteiger partial charge in [-0.3, -0.25) is 0 Å². The van der Waals surface area contributed by atoms with E-state index in [9.17, 15) is 0 Å². The van der Waals surface area contributed by atoms with Crippen LogP contribution in [0.15, 0.2) is 21.0 Å². The van der Waals surface area contributed by atoms with Crippen molar-refractivity contribution >= 4 is 28.2 Å². The van der Waals surface area contributed by atoms with Gasteiger partial charge in [0.2, 0.25) is 5.89 Å². The van der Waals surface area contributed by atoms with Crippen LogP contribution in [-0.2, 0) is 11.2 Å². The van der Waals surface area contributed by atoms with Crippen LogP contribution in [0.25, 0.3) is 0 Å². The van der Waals surface area contributed by atoms with E-state index in [1.54, 1.807) is 23.1 Å². The van der Waals surface area contributed by atoms with Gasteiger partial charge in [-0.2, -0.15) is 0 Å². The summed E-state index contributed by atoms with van der Waals surface area (Å²) >= 11 is 3.42. The summed E-state index contributed by atoms with van der Waals surface area (Å²) in [7, 11) is 0. The van der Waals surface area contributed by atoms with E-state index in [1.807, 2.05) is 12.4 Å². The molecule has 1 fully saturated rings. The van der Waals surface area contributed by atoms with E-state index in [4.69, 9.17) is 4.42 Å². The Kier molecular flexibility index (Phi) is 4.75. The van der Waals surface area contributed by atoms with Gasteiger partial charge >= 0.3 is 0 Å². The van der Waals surface area contributed by atoms with E-state index in [1.165, 1.54) is 4.21 Å². The third kappa shape index (κ3) is 4.02. The van der Waals surface area contributed by atoms with Crippen LogP contribution in [0, 0.1) is 0 Å². The zero-order valence-electron chi connectivity index (χ0n) is 13.2. The lowest BCUT2D eigenvalue weighted by Crippen LogP contribution is -2.21. The van der Waals surface area contributed by atoms with Gasteiger partial charge in [-0.25, -0.2) is 9.97 Å². The fourth-order valence-corrected chi connectivity index (χ4v) is 4.00. The molecule has 1 atom stereocenters. The number of thiazole rings is 1. The van der Waals surface area contributed by atoms with Gasteiger partial charge in [0.05, 0.1) is 22.4 Å².